The summed E-state index contributed by atoms with van der Waals surface area (Å²) in [7, 11) is 0. The lowest BCUT2D eigenvalue weighted by atomic mass is 10.0. The molecule has 1 rings (SSSR count). The van der Waals surface area contributed by atoms with E-state index in [2.05, 4.69) is 37.4 Å². The van der Waals surface area contributed by atoms with Gasteiger partial charge in [-0.25, -0.2) is 0 Å². The van der Waals surface area contributed by atoms with Gasteiger partial charge >= 0.3 is 0 Å². The Hall–Kier alpha value is -0.710. The fourth-order valence-corrected chi connectivity index (χ4v) is 2.67. The first-order chi connectivity index (χ1) is 9.22. The molecule has 0 amide bonds. The van der Waals surface area contributed by atoms with Crippen LogP contribution in [0.3, 0.4) is 0 Å². The van der Waals surface area contributed by atoms with Crippen molar-refractivity contribution in [3.05, 3.63) is 29.3 Å². The van der Waals surface area contributed by atoms with Gasteiger partial charge in [0.15, 0.2) is 0 Å². The molecule has 1 aromatic carbocycles. The van der Waals surface area contributed by atoms with Crippen LogP contribution in [0.1, 0.15) is 37.9 Å². The molecule has 0 aliphatic carbocycles. The third-order valence-electron chi connectivity index (χ3n) is 2.89. The highest BCUT2D eigenvalue weighted by Crippen LogP contribution is 2.27. The van der Waals surface area contributed by atoms with E-state index in [-0.39, 0.29) is 6.61 Å². The van der Waals surface area contributed by atoms with Crippen molar-refractivity contribution in [3.8, 4) is 5.75 Å². The van der Waals surface area contributed by atoms with Crippen molar-refractivity contribution in [2.75, 3.05) is 25.5 Å². The Morgan fingerprint density at radius 3 is 2.79 bits per heavy atom. The average molecular weight is 283 g/mol. The van der Waals surface area contributed by atoms with Crippen molar-refractivity contribution >= 4 is 11.8 Å². The summed E-state index contributed by atoms with van der Waals surface area (Å²) in [5.74, 6) is 2.60. The van der Waals surface area contributed by atoms with Crippen molar-refractivity contribution in [3.63, 3.8) is 0 Å². The largest absolute Gasteiger partial charge is 0.494 e. The Morgan fingerprint density at radius 1 is 1.37 bits per heavy atom. The molecule has 0 saturated carbocycles. The molecule has 0 aliphatic rings. The summed E-state index contributed by atoms with van der Waals surface area (Å²) < 4.78 is 5.67. The predicted molar refractivity (Wildman–Crippen MR) is 83.0 cm³/mol. The predicted octanol–water partition coefficient (Wildman–Crippen LogP) is 2.98. The first kappa shape index (κ1) is 16.3. The van der Waals surface area contributed by atoms with Crippen LogP contribution in [0, 0.1) is 0 Å². The second kappa shape index (κ2) is 9.23. The van der Waals surface area contributed by atoms with Crippen molar-refractivity contribution in [1.29, 1.82) is 0 Å². The first-order valence-corrected chi connectivity index (χ1v) is 8.06. The van der Waals surface area contributed by atoms with Crippen LogP contribution in [0.2, 0.25) is 0 Å². The average Bonchev–Trinajstić information content (AvgIpc) is 2.41. The van der Waals surface area contributed by atoms with E-state index in [4.69, 9.17) is 9.84 Å². The molecule has 0 aromatic heterocycles. The van der Waals surface area contributed by atoms with Crippen LogP contribution < -0.4 is 10.1 Å². The summed E-state index contributed by atoms with van der Waals surface area (Å²) >= 11 is 1.73. The number of thioether (sulfide) groups is 1. The summed E-state index contributed by atoms with van der Waals surface area (Å²) in [5.41, 5.74) is 2.49. The van der Waals surface area contributed by atoms with Gasteiger partial charge in [-0.1, -0.05) is 13.0 Å². The third kappa shape index (κ3) is 5.43. The van der Waals surface area contributed by atoms with Crippen LogP contribution >= 0.6 is 11.8 Å². The molecule has 2 N–H and O–H groups in total. The number of ether oxygens (including phenoxy) is 1. The van der Waals surface area contributed by atoms with Crippen LogP contribution in [-0.2, 0) is 5.75 Å². The maximum Gasteiger partial charge on any atom is 0.123 e. The molecule has 0 aliphatic heterocycles. The van der Waals surface area contributed by atoms with E-state index in [1.54, 1.807) is 11.8 Å². The van der Waals surface area contributed by atoms with Crippen LogP contribution in [-0.4, -0.2) is 30.6 Å². The number of rotatable bonds is 9. The van der Waals surface area contributed by atoms with Gasteiger partial charge in [0.05, 0.1) is 13.2 Å². The van der Waals surface area contributed by atoms with Gasteiger partial charge in [-0.15, -0.1) is 0 Å². The van der Waals surface area contributed by atoms with Gasteiger partial charge in [-0.2, -0.15) is 11.8 Å². The molecule has 0 radical (unpaired) electrons. The smallest absolute Gasteiger partial charge is 0.123 e. The molecule has 0 heterocycles. The van der Waals surface area contributed by atoms with Crippen molar-refractivity contribution in [1.82, 2.24) is 5.32 Å². The molecule has 0 fully saturated rings. The van der Waals surface area contributed by atoms with Gasteiger partial charge in [0.25, 0.3) is 0 Å². The van der Waals surface area contributed by atoms with Crippen LogP contribution in [0.5, 0.6) is 5.75 Å². The molecular formula is C15H25NO2S. The zero-order chi connectivity index (χ0) is 14.1. The van der Waals surface area contributed by atoms with E-state index in [9.17, 15) is 0 Å². The Balaban J connectivity index is 2.83. The number of nitrogens with one attached hydrogen (secondary N) is 1. The highest BCUT2D eigenvalue weighted by Gasteiger charge is 2.09. The van der Waals surface area contributed by atoms with E-state index >= 15 is 0 Å². The minimum absolute atomic E-state index is 0.224. The lowest BCUT2D eigenvalue weighted by Gasteiger charge is -2.16. The number of benzene rings is 1. The minimum Gasteiger partial charge on any atom is -0.494 e. The van der Waals surface area contributed by atoms with E-state index in [0.717, 1.165) is 23.8 Å². The Morgan fingerprint density at radius 2 is 2.16 bits per heavy atom. The zero-order valence-corrected chi connectivity index (χ0v) is 12.9. The number of hydrogen-bond acceptors (Lipinski definition) is 4. The van der Waals surface area contributed by atoms with Gasteiger partial charge in [-0.3, -0.25) is 0 Å². The minimum atomic E-state index is 0.224. The van der Waals surface area contributed by atoms with Gasteiger partial charge in [-0.05, 0) is 38.1 Å². The van der Waals surface area contributed by atoms with Crippen LogP contribution in [0.4, 0.5) is 0 Å². The van der Waals surface area contributed by atoms with E-state index in [0.29, 0.717) is 12.6 Å². The maximum atomic E-state index is 8.87. The molecule has 108 valence electrons. The first-order valence-electron chi connectivity index (χ1n) is 6.90. The summed E-state index contributed by atoms with van der Waals surface area (Å²) in [4.78, 5) is 0. The molecular weight excluding hydrogens is 258 g/mol. The van der Waals surface area contributed by atoms with Gasteiger partial charge in [0.1, 0.15) is 5.75 Å². The standard InChI is InChI=1S/C15H25NO2S/c1-4-16-12(3)13-6-7-15(18-5-2)14(10-13)11-19-9-8-17/h6-7,10,12,16-17H,4-5,8-9,11H2,1-3H3. The second-order valence-corrected chi connectivity index (χ2v) is 5.46. The molecule has 1 aromatic rings. The highest BCUT2D eigenvalue weighted by atomic mass is 32.2. The van der Waals surface area contributed by atoms with Crippen LogP contribution in [0.25, 0.3) is 0 Å². The van der Waals surface area contributed by atoms with Crippen LogP contribution in [0.15, 0.2) is 18.2 Å². The lowest BCUT2D eigenvalue weighted by molar-refractivity contribution is 0.322. The summed E-state index contributed by atoms with van der Waals surface area (Å²) in [6, 6.07) is 6.74. The fraction of sp³-hybridized carbons (Fsp3) is 0.600. The monoisotopic (exact) mass is 283 g/mol. The van der Waals surface area contributed by atoms with Crippen molar-refractivity contribution in [2.24, 2.45) is 0 Å². The molecule has 1 atom stereocenters. The van der Waals surface area contributed by atoms with Crippen molar-refractivity contribution < 1.29 is 9.84 Å². The van der Waals surface area contributed by atoms with Gasteiger partial charge < -0.3 is 15.2 Å². The molecule has 1 unspecified atom stereocenters. The second-order valence-electron chi connectivity index (χ2n) is 4.36. The Kier molecular flexibility index (Phi) is 7.94. The van der Waals surface area contributed by atoms with Crippen molar-refractivity contribution in [2.45, 2.75) is 32.6 Å². The van der Waals surface area contributed by atoms with E-state index in [1.807, 2.05) is 6.92 Å². The molecule has 0 spiro atoms. The SMILES string of the molecule is CCNC(C)c1ccc(OCC)c(CSCCO)c1. The fourth-order valence-electron chi connectivity index (χ4n) is 1.95. The number of hydrogen-bond donors (Lipinski definition) is 2. The normalized spacial score (nSPS) is 12.4. The summed E-state index contributed by atoms with van der Waals surface area (Å²) in [6.07, 6.45) is 0. The molecule has 0 saturated heterocycles. The summed E-state index contributed by atoms with van der Waals surface area (Å²) in [6.45, 7) is 8.15. The van der Waals surface area contributed by atoms with Gasteiger partial charge in [0.2, 0.25) is 0 Å². The lowest BCUT2D eigenvalue weighted by Crippen LogP contribution is -2.17. The van der Waals surface area contributed by atoms with Gasteiger partial charge in [0, 0.05) is 23.1 Å². The molecule has 0 bridgehead atoms. The van der Waals surface area contributed by atoms with E-state index in [1.165, 1.54) is 11.1 Å². The molecule has 4 heteroatoms. The maximum absolute atomic E-state index is 8.87. The molecule has 3 nitrogen and oxygen atoms in total. The summed E-state index contributed by atoms with van der Waals surface area (Å²) in [5, 5.41) is 12.3. The Bertz CT molecular complexity index is 371. The topological polar surface area (TPSA) is 41.5 Å². The zero-order valence-electron chi connectivity index (χ0n) is 12.1. The number of aliphatic hydroxyl groups is 1. The molecule has 19 heavy (non-hydrogen) atoms. The highest BCUT2D eigenvalue weighted by molar-refractivity contribution is 7.98. The third-order valence-corrected chi connectivity index (χ3v) is 3.87. The quantitative estimate of drug-likeness (QED) is 0.684. The Labute approximate surface area is 120 Å². The number of aliphatic hydroxyl groups excluding tert-OH is 1. The van der Waals surface area contributed by atoms with E-state index < -0.39 is 0 Å².